The molecular weight excluding hydrogens is 286 g/mol. The lowest BCUT2D eigenvalue weighted by atomic mass is 10.2. The highest BCUT2D eigenvalue weighted by molar-refractivity contribution is 9.10. The summed E-state index contributed by atoms with van der Waals surface area (Å²) < 4.78 is 0.511. The van der Waals surface area contributed by atoms with E-state index in [2.05, 4.69) is 26.2 Å². The second-order valence-corrected chi connectivity index (χ2v) is 4.24. The largest absolute Gasteiger partial charge is 0.359 e. The minimum atomic E-state index is -0.158. The van der Waals surface area contributed by atoms with Crippen LogP contribution < -0.4 is 5.32 Å². The van der Waals surface area contributed by atoms with Crippen LogP contribution in [-0.2, 0) is 4.79 Å². The van der Waals surface area contributed by atoms with Gasteiger partial charge in [-0.25, -0.2) is 4.98 Å². The smallest absolute Gasteiger partial charge is 0.256 e. The van der Waals surface area contributed by atoms with Crippen LogP contribution in [0.3, 0.4) is 0 Å². The van der Waals surface area contributed by atoms with Crippen LogP contribution in [0.5, 0.6) is 0 Å². The summed E-state index contributed by atoms with van der Waals surface area (Å²) in [5, 5.41) is 2.51. The van der Waals surface area contributed by atoms with Crippen molar-refractivity contribution in [3.63, 3.8) is 0 Å². The van der Waals surface area contributed by atoms with Crippen LogP contribution in [0.25, 0.3) is 0 Å². The first-order valence-electron chi connectivity index (χ1n) is 5.12. The van der Waals surface area contributed by atoms with Crippen LogP contribution >= 0.6 is 15.9 Å². The average molecular weight is 300 g/mol. The number of aromatic nitrogens is 1. The van der Waals surface area contributed by atoms with Crippen molar-refractivity contribution < 1.29 is 9.59 Å². The number of carbonyl (C=O) groups is 2. The number of halogens is 1. The molecule has 1 aromatic rings. The fraction of sp³-hybridized carbons (Fsp3) is 0.364. The van der Waals surface area contributed by atoms with Gasteiger partial charge >= 0.3 is 0 Å². The molecule has 0 fully saturated rings. The lowest BCUT2D eigenvalue weighted by Gasteiger charge is -2.17. The third-order valence-electron chi connectivity index (χ3n) is 2.29. The normalized spacial score (nSPS) is 9.82. The summed E-state index contributed by atoms with van der Waals surface area (Å²) in [4.78, 5) is 28.5. The number of pyridine rings is 1. The van der Waals surface area contributed by atoms with Gasteiger partial charge < -0.3 is 10.2 Å². The third-order valence-corrected chi connectivity index (χ3v) is 2.92. The molecule has 0 unspecified atom stereocenters. The first-order valence-corrected chi connectivity index (χ1v) is 5.92. The third kappa shape index (κ3) is 3.81. The zero-order chi connectivity index (χ0) is 12.8. The number of amides is 2. The Bertz CT molecular complexity index is 423. The molecule has 92 valence electrons. The number of hydrogen-bond donors (Lipinski definition) is 1. The highest BCUT2D eigenvalue weighted by Crippen LogP contribution is 2.14. The topological polar surface area (TPSA) is 62.3 Å². The molecule has 0 atom stereocenters. The van der Waals surface area contributed by atoms with Crippen LogP contribution in [0.2, 0.25) is 0 Å². The predicted octanol–water partition coefficient (Wildman–Crippen LogP) is 1.05. The first-order chi connectivity index (χ1) is 8.06. The Morgan fingerprint density at radius 3 is 2.82 bits per heavy atom. The Labute approximate surface area is 108 Å². The van der Waals surface area contributed by atoms with Crippen molar-refractivity contribution in [1.29, 1.82) is 0 Å². The van der Waals surface area contributed by atoms with Crippen molar-refractivity contribution in [2.24, 2.45) is 0 Å². The molecule has 1 aromatic heterocycles. The minimum Gasteiger partial charge on any atom is -0.359 e. The van der Waals surface area contributed by atoms with Gasteiger partial charge in [0, 0.05) is 33.3 Å². The van der Waals surface area contributed by atoms with E-state index in [1.54, 1.807) is 32.4 Å². The van der Waals surface area contributed by atoms with E-state index in [0.29, 0.717) is 16.7 Å². The molecule has 0 radical (unpaired) electrons. The Hall–Kier alpha value is -1.43. The first kappa shape index (κ1) is 13.6. The molecule has 1 heterocycles. The molecule has 0 aliphatic heterocycles. The Kier molecular flexibility index (Phi) is 5.09. The van der Waals surface area contributed by atoms with Gasteiger partial charge in [0.25, 0.3) is 5.91 Å². The molecule has 5 nitrogen and oxygen atoms in total. The van der Waals surface area contributed by atoms with Gasteiger partial charge in [-0.2, -0.15) is 0 Å². The summed E-state index contributed by atoms with van der Waals surface area (Å²) in [5.74, 6) is -0.246. The molecule has 0 saturated heterocycles. The molecule has 0 saturated carbocycles. The lowest BCUT2D eigenvalue weighted by Crippen LogP contribution is -2.31. The van der Waals surface area contributed by atoms with Crippen molar-refractivity contribution >= 4 is 27.7 Å². The molecule has 0 bridgehead atoms. The number of hydrogen-bond acceptors (Lipinski definition) is 3. The van der Waals surface area contributed by atoms with Gasteiger partial charge in [-0.15, -0.1) is 0 Å². The molecular formula is C11H14BrN3O2. The molecule has 0 aliphatic carbocycles. The van der Waals surface area contributed by atoms with Crippen LogP contribution in [-0.4, -0.2) is 42.3 Å². The molecule has 2 amide bonds. The summed E-state index contributed by atoms with van der Waals surface area (Å²) in [6.45, 7) is 0.375. The summed E-state index contributed by atoms with van der Waals surface area (Å²) >= 11 is 3.22. The molecule has 6 heteroatoms. The molecule has 17 heavy (non-hydrogen) atoms. The van der Waals surface area contributed by atoms with Gasteiger partial charge in [0.1, 0.15) is 4.60 Å². The van der Waals surface area contributed by atoms with Crippen molar-refractivity contribution in [1.82, 2.24) is 15.2 Å². The second-order valence-electron chi connectivity index (χ2n) is 3.49. The van der Waals surface area contributed by atoms with Crippen molar-refractivity contribution in [3.05, 3.63) is 28.5 Å². The van der Waals surface area contributed by atoms with Crippen LogP contribution in [0, 0.1) is 0 Å². The number of nitrogens with zero attached hydrogens (tertiary/aromatic N) is 2. The van der Waals surface area contributed by atoms with Crippen LogP contribution in [0.1, 0.15) is 16.8 Å². The van der Waals surface area contributed by atoms with E-state index in [1.807, 2.05) is 0 Å². The number of rotatable bonds is 4. The summed E-state index contributed by atoms with van der Waals surface area (Å²) in [6.07, 6.45) is 1.89. The van der Waals surface area contributed by atoms with Crippen molar-refractivity contribution in [2.45, 2.75) is 6.42 Å². The van der Waals surface area contributed by atoms with E-state index in [-0.39, 0.29) is 18.2 Å². The average Bonchev–Trinajstić information content (AvgIpc) is 2.35. The van der Waals surface area contributed by atoms with Gasteiger partial charge in [0.05, 0.1) is 5.56 Å². The van der Waals surface area contributed by atoms with E-state index in [0.717, 1.165) is 0 Å². The second kappa shape index (κ2) is 6.34. The molecule has 1 rings (SSSR count). The Morgan fingerprint density at radius 2 is 2.24 bits per heavy atom. The summed E-state index contributed by atoms with van der Waals surface area (Å²) in [6, 6.07) is 3.39. The quantitative estimate of drug-likeness (QED) is 0.846. The molecule has 0 spiro atoms. The predicted molar refractivity (Wildman–Crippen MR) is 67.6 cm³/mol. The van der Waals surface area contributed by atoms with E-state index >= 15 is 0 Å². The summed E-state index contributed by atoms with van der Waals surface area (Å²) in [5.41, 5.74) is 0.493. The van der Waals surface area contributed by atoms with Gasteiger partial charge in [-0.3, -0.25) is 9.59 Å². The van der Waals surface area contributed by atoms with Crippen molar-refractivity contribution in [3.8, 4) is 0 Å². The van der Waals surface area contributed by atoms with Gasteiger partial charge in [0.2, 0.25) is 5.91 Å². The number of carbonyl (C=O) groups excluding carboxylic acids is 2. The minimum absolute atomic E-state index is 0.0881. The Morgan fingerprint density at radius 1 is 1.53 bits per heavy atom. The van der Waals surface area contributed by atoms with Gasteiger partial charge in [-0.1, -0.05) is 0 Å². The molecule has 0 aromatic carbocycles. The van der Waals surface area contributed by atoms with E-state index in [9.17, 15) is 9.59 Å². The maximum atomic E-state index is 12.0. The maximum absolute atomic E-state index is 12.0. The lowest BCUT2D eigenvalue weighted by molar-refractivity contribution is -0.120. The zero-order valence-corrected chi connectivity index (χ0v) is 11.3. The number of nitrogens with one attached hydrogen (secondary N) is 1. The van der Waals surface area contributed by atoms with Crippen molar-refractivity contribution in [2.75, 3.05) is 20.6 Å². The van der Waals surface area contributed by atoms with E-state index < -0.39 is 0 Å². The van der Waals surface area contributed by atoms with Gasteiger partial charge in [0.15, 0.2) is 0 Å². The maximum Gasteiger partial charge on any atom is 0.256 e. The monoisotopic (exact) mass is 299 g/mol. The van der Waals surface area contributed by atoms with E-state index in [1.165, 1.54) is 4.90 Å². The fourth-order valence-electron chi connectivity index (χ4n) is 1.25. The summed E-state index contributed by atoms with van der Waals surface area (Å²) in [7, 11) is 3.23. The SMILES string of the molecule is CNC(=O)CCN(C)C(=O)c1cccnc1Br. The zero-order valence-electron chi connectivity index (χ0n) is 9.74. The highest BCUT2D eigenvalue weighted by Gasteiger charge is 2.15. The standard InChI is InChI=1S/C11H14BrN3O2/c1-13-9(16)5-7-15(2)11(17)8-4-3-6-14-10(8)12/h3-4,6H,5,7H2,1-2H3,(H,13,16). The van der Waals surface area contributed by atoms with Crippen LogP contribution in [0.15, 0.2) is 22.9 Å². The Balaban J connectivity index is 2.64. The highest BCUT2D eigenvalue weighted by atomic mass is 79.9. The van der Waals surface area contributed by atoms with E-state index in [4.69, 9.17) is 0 Å². The molecule has 0 aliphatic rings. The fourth-order valence-corrected chi connectivity index (χ4v) is 1.67. The molecule has 1 N–H and O–H groups in total. The van der Waals surface area contributed by atoms with Gasteiger partial charge in [-0.05, 0) is 28.1 Å². The van der Waals surface area contributed by atoms with Crippen LogP contribution in [0.4, 0.5) is 0 Å².